The minimum absolute atomic E-state index is 0.291. The largest absolute Gasteiger partial charge is 0.296 e. The van der Waals surface area contributed by atoms with E-state index in [1.54, 1.807) is 11.3 Å². The Bertz CT molecular complexity index is 617. The molecule has 0 fully saturated rings. The standard InChI is InChI=1S/C14H14N2OS/c17-12-5-2-4-11-9(12)7-8-16(11)14-15-10-3-1-6-13(10)18-14/h7-8H,1-6H2. The SMILES string of the molecule is O=C1CCCc2c1ccn2-c1nc2c(s1)CCC2. The van der Waals surface area contributed by atoms with Crippen molar-refractivity contribution >= 4 is 17.1 Å². The van der Waals surface area contributed by atoms with Gasteiger partial charge in [-0.1, -0.05) is 0 Å². The number of nitrogens with zero attached hydrogens (tertiary/aromatic N) is 2. The van der Waals surface area contributed by atoms with Crippen LogP contribution in [0.2, 0.25) is 0 Å². The molecular formula is C14H14N2OS. The summed E-state index contributed by atoms with van der Waals surface area (Å²) < 4.78 is 2.13. The molecule has 0 saturated carbocycles. The zero-order valence-electron chi connectivity index (χ0n) is 10.1. The van der Waals surface area contributed by atoms with Crippen molar-refractivity contribution in [2.45, 2.75) is 38.5 Å². The van der Waals surface area contributed by atoms with Crippen molar-refractivity contribution in [3.63, 3.8) is 0 Å². The fourth-order valence-electron chi connectivity index (χ4n) is 2.98. The molecule has 2 aliphatic carbocycles. The minimum atomic E-state index is 0.291. The monoisotopic (exact) mass is 258 g/mol. The molecule has 0 unspecified atom stereocenters. The van der Waals surface area contributed by atoms with Crippen LogP contribution in [0.4, 0.5) is 0 Å². The summed E-state index contributed by atoms with van der Waals surface area (Å²) in [4.78, 5) is 18.0. The molecule has 92 valence electrons. The van der Waals surface area contributed by atoms with E-state index >= 15 is 0 Å². The first-order chi connectivity index (χ1) is 8.83. The smallest absolute Gasteiger partial charge is 0.194 e. The van der Waals surface area contributed by atoms with Crippen LogP contribution < -0.4 is 0 Å². The van der Waals surface area contributed by atoms with Gasteiger partial charge in [-0.2, -0.15) is 0 Å². The number of ketones is 1. The maximum Gasteiger partial charge on any atom is 0.194 e. The molecule has 2 aromatic heterocycles. The Labute approximate surface area is 109 Å². The molecule has 0 N–H and O–H groups in total. The fraction of sp³-hybridized carbons (Fsp3) is 0.429. The summed E-state index contributed by atoms with van der Waals surface area (Å²) in [6.07, 6.45) is 8.23. The van der Waals surface area contributed by atoms with Gasteiger partial charge in [-0.25, -0.2) is 4.98 Å². The van der Waals surface area contributed by atoms with Gasteiger partial charge in [-0.15, -0.1) is 11.3 Å². The van der Waals surface area contributed by atoms with Crippen molar-refractivity contribution in [1.82, 2.24) is 9.55 Å². The van der Waals surface area contributed by atoms with Crippen LogP contribution in [-0.4, -0.2) is 15.3 Å². The number of Topliss-reactive ketones (excluding diaryl/α,β-unsaturated/α-hetero) is 1. The molecular weight excluding hydrogens is 244 g/mol. The van der Waals surface area contributed by atoms with E-state index in [9.17, 15) is 4.79 Å². The van der Waals surface area contributed by atoms with Gasteiger partial charge in [0.05, 0.1) is 5.69 Å². The lowest BCUT2D eigenvalue weighted by atomic mass is 9.97. The number of carbonyl (C=O) groups excluding carboxylic acids is 1. The first-order valence-corrected chi connectivity index (χ1v) is 7.37. The predicted molar refractivity (Wildman–Crippen MR) is 70.7 cm³/mol. The van der Waals surface area contributed by atoms with Crippen LogP contribution >= 0.6 is 11.3 Å². The highest BCUT2D eigenvalue weighted by Gasteiger charge is 2.24. The van der Waals surface area contributed by atoms with E-state index in [4.69, 9.17) is 4.98 Å². The van der Waals surface area contributed by atoms with Gasteiger partial charge in [-0.3, -0.25) is 9.36 Å². The third-order valence-corrected chi connectivity index (χ3v) is 5.06. The third kappa shape index (κ3) is 1.42. The number of carbonyl (C=O) groups is 1. The van der Waals surface area contributed by atoms with Crippen molar-refractivity contribution < 1.29 is 4.79 Å². The van der Waals surface area contributed by atoms with Crippen LogP contribution in [0.15, 0.2) is 12.3 Å². The quantitative estimate of drug-likeness (QED) is 0.788. The summed E-state index contributed by atoms with van der Waals surface area (Å²) in [5.74, 6) is 0.291. The molecule has 0 saturated heterocycles. The van der Waals surface area contributed by atoms with Gasteiger partial charge in [-0.05, 0) is 38.2 Å². The van der Waals surface area contributed by atoms with Gasteiger partial charge in [0.25, 0.3) is 0 Å². The Morgan fingerprint density at radius 1 is 1.17 bits per heavy atom. The molecule has 4 heteroatoms. The Morgan fingerprint density at radius 2 is 2.06 bits per heavy atom. The average molecular weight is 258 g/mol. The van der Waals surface area contributed by atoms with Crippen LogP contribution in [0.3, 0.4) is 0 Å². The molecule has 4 rings (SSSR count). The number of aryl methyl sites for hydroxylation is 2. The summed E-state index contributed by atoms with van der Waals surface area (Å²) >= 11 is 1.79. The first-order valence-electron chi connectivity index (χ1n) is 6.55. The summed E-state index contributed by atoms with van der Waals surface area (Å²) in [7, 11) is 0. The van der Waals surface area contributed by atoms with Crippen LogP contribution in [0.25, 0.3) is 5.13 Å². The van der Waals surface area contributed by atoms with Gasteiger partial charge < -0.3 is 0 Å². The van der Waals surface area contributed by atoms with Crippen molar-refractivity contribution in [3.8, 4) is 5.13 Å². The maximum atomic E-state index is 11.8. The number of fused-ring (bicyclic) bond motifs is 2. The van der Waals surface area contributed by atoms with E-state index in [0.717, 1.165) is 30.0 Å². The number of thiazole rings is 1. The second kappa shape index (κ2) is 3.79. The normalized spacial score (nSPS) is 17.9. The van der Waals surface area contributed by atoms with Gasteiger partial charge in [0.2, 0.25) is 0 Å². The van der Waals surface area contributed by atoms with E-state index in [1.165, 1.54) is 29.1 Å². The third-order valence-electron chi connectivity index (χ3n) is 3.90. The van der Waals surface area contributed by atoms with Crippen molar-refractivity contribution in [2.24, 2.45) is 0 Å². The number of hydrogen-bond donors (Lipinski definition) is 0. The second-order valence-corrected chi connectivity index (χ2v) is 6.10. The molecule has 0 spiro atoms. The zero-order valence-corrected chi connectivity index (χ0v) is 10.9. The molecule has 2 aromatic rings. The van der Waals surface area contributed by atoms with Crippen LogP contribution in [0.1, 0.15) is 45.9 Å². The molecule has 0 aliphatic heterocycles. The minimum Gasteiger partial charge on any atom is -0.296 e. The van der Waals surface area contributed by atoms with Crippen molar-refractivity contribution in [3.05, 3.63) is 34.1 Å². The highest BCUT2D eigenvalue weighted by molar-refractivity contribution is 7.14. The molecule has 0 bridgehead atoms. The van der Waals surface area contributed by atoms with E-state index in [0.29, 0.717) is 12.2 Å². The topological polar surface area (TPSA) is 34.9 Å². The predicted octanol–water partition coefficient (Wildman–Crippen LogP) is 2.94. The van der Waals surface area contributed by atoms with Gasteiger partial charge >= 0.3 is 0 Å². The Hall–Kier alpha value is -1.42. The van der Waals surface area contributed by atoms with E-state index in [2.05, 4.69) is 4.57 Å². The molecule has 2 heterocycles. The highest BCUT2D eigenvalue weighted by atomic mass is 32.1. The molecule has 18 heavy (non-hydrogen) atoms. The number of aromatic nitrogens is 2. The van der Waals surface area contributed by atoms with Gasteiger partial charge in [0.1, 0.15) is 0 Å². The maximum absolute atomic E-state index is 11.8. The van der Waals surface area contributed by atoms with Crippen molar-refractivity contribution in [2.75, 3.05) is 0 Å². The molecule has 0 amide bonds. The Morgan fingerprint density at radius 3 is 2.94 bits per heavy atom. The van der Waals surface area contributed by atoms with Crippen molar-refractivity contribution in [1.29, 1.82) is 0 Å². The summed E-state index contributed by atoms with van der Waals surface area (Å²) in [6.45, 7) is 0. The first kappa shape index (κ1) is 10.5. The van der Waals surface area contributed by atoms with Crippen LogP contribution in [-0.2, 0) is 19.3 Å². The molecule has 0 atom stereocenters. The summed E-state index contributed by atoms with van der Waals surface area (Å²) in [6, 6.07) is 1.96. The lowest BCUT2D eigenvalue weighted by Gasteiger charge is -2.13. The average Bonchev–Trinajstić information content (AvgIpc) is 3.00. The molecule has 0 radical (unpaired) electrons. The van der Waals surface area contributed by atoms with Gasteiger partial charge in [0.15, 0.2) is 10.9 Å². The van der Waals surface area contributed by atoms with Gasteiger partial charge in [0, 0.05) is 28.8 Å². The molecule has 2 aliphatic rings. The highest BCUT2D eigenvalue weighted by Crippen LogP contribution is 2.32. The van der Waals surface area contributed by atoms with E-state index in [-0.39, 0.29) is 0 Å². The summed E-state index contributed by atoms with van der Waals surface area (Å²) in [5, 5.41) is 1.05. The summed E-state index contributed by atoms with van der Waals surface area (Å²) in [5.41, 5.74) is 3.36. The lowest BCUT2D eigenvalue weighted by molar-refractivity contribution is 0.0972. The molecule has 3 nitrogen and oxygen atoms in total. The number of rotatable bonds is 1. The van der Waals surface area contributed by atoms with E-state index < -0.39 is 0 Å². The molecule has 0 aromatic carbocycles. The van der Waals surface area contributed by atoms with Crippen LogP contribution in [0, 0.1) is 0 Å². The van der Waals surface area contributed by atoms with Crippen LogP contribution in [0.5, 0.6) is 0 Å². The Balaban J connectivity index is 1.83. The second-order valence-electron chi connectivity index (χ2n) is 5.04. The lowest BCUT2D eigenvalue weighted by Crippen LogP contribution is -2.12. The Kier molecular flexibility index (Phi) is 2.21. The number of hydrogen-bond acceptors (Lipinski definition) is 3. The van der Waals surface area contributed by atoms with E-state index in [1.807, 2.05) is 12.3 Å². The fourth-order valence-corrected chi connectivity index (χ4v) is 4.14. The zero-order chi connectivity index (χ0) is 12.1.